The fourth-order valence-corrected chi connectivity index (χ4v) is 3.42. The molecule has 3 N–H and O–H groups in total. The van der Waals surface area contributed by atoms with Crippen LogP contribution in [-0.2, 0) is 4.79 Å². The van der Waals surface area contributed by atoms with Crippen molar-refractivity contribution in [3.63, 3.8) is 0 Å². The van der Waals surface area contributed by atoms with Gasteiger partial charge in [0.1, 0.15) is 5.54 Å². The SMILES string of the molecule is CC1CC(C)(C)CCC1(Nc1ccc(Cl)cc1)C(N)=O. The van der Waals surface area contributed by atoms with Crippen molar-refractivity contribution in [2.24, 2.45) is 17.1 Å². The van der Waals surface area contributed by atoms with Crippen molar-refractivity contribution in [2.75, 3.05) is 5.32 Å². The van der Waals surface area contributed by atoms with Gasteiger partial charge in [0.25, 0.3) is 0 Å². The summed E-state index contributed by atoms with van der Waals surface area (Å²) < 4.78 is 0. The maximum Gasteiger partial charge on any atom is 0.243 e. The third kappa shape index (κ3) is 2.93. The summed E-state index contributed by atoms with van der Waals surface area (Å²) in [6.07, 6.45) is 2.73. The molecule has 110 valence electrons. The highest BCUT2D eigenvalue weighted by Gasteiger charge is 2.48. The molecular formula is C16H23ClN2O. The van der Waals surface area contributed by atoms with Crippen molar-refractivity contribution in [2.45, 2.75) is 45.6 Å². The summed E-state index contributed by atoms with van der Waals surface area (Å²) >= 11 is 5.90. The minimum Gasteiger partial charge on any atom is -0.371 e. The number of hydrogen-bond donors (Lipinski definition) is 2. The van der Waals surface area contributed by atoms with Crippen molar-refractivity contribution in [3.8, 4) is 0 Å². The van der Waals surface area contributed by atoms with Gasteiger partial charge in [-0.15, -0.1) is 0 Å². The molecule has 4 heteroatoms. The summed E-state index contributed by atoms with van der Waals surface area (Å²) in [6.45, 7) is 6.60. The maximum absolute atomic E-state index is 12.1. The van der Waals surface area contributed by atoms with Crippen LogP contribution in [0.5, 0.6) is 0 Å². The number of anilines is 1. The molecule has 0 saturated heterocycles. The van der Waals surface area contributed by atoms with E-state index in [1.807, 2.05) is 24.3 Å². The Kier molecular flexibility index (Phi) is 4.01. The minimum absolute atomic E-state index is 0.194. The zero-order valence-electron chi connectivity index (χ0n) is 12.4. The molecule has 1 saturated carbocycles. The van der Waals surface area contributed by atoms with Crippen LogP contribution in [0.3, 0.4) is 0 Å². The molecule has 1 aromatic carbocycles. The number of nitrogens with one attached hydrogen (secondary N) is 1. The van der Waals surface area contributed by atoms with Crippen LogP contribution in [0.2, 0.25) is 5.02 Å². The molecule has 1 aliphatic carbocycles. The Hall–Kier alpha value is -1.22. The van der Waals surface area contributed by atoms with Crippen LogP contribution in [0, 0.1) is 11.3 Å². The summed E-state index contributed by atoms with van der Waals surface area (Å²) in [5.41, 5.74) is 6.22. The minimum atomic E-state index is -0.663. The number of carbonyl (C=O) groups excluding carboxylic acids is 1. The summed E-state index contributed by atoms with van der Waals surface area (Å²) in [6, 6.07) is 7.41. The molecule has 0 spiro atoms. The maximum atomic E-state index is 12.1. The predicted molar refractivity (Wildman–Crippen MR) is 83.8 cm³/mol. The molecule has 3 nitrogen and oxygen atoms in total. The van der Waals surface area contributed by atoms with Crippen LogP contribution in [0.15, 0.2) is 24.3 Å². The van der Waals surface area contributed by atoms with E-state index in [0.717, 1.165) is 24.9 Å². The average Bonchev–Trinajstić information content (AvgIpc) is 2.34. The molecule has 0 heterocycles. The molecule has 0 aromatic heterocycles. The van der Waals surface area contributed by atoms with Gasteiger partial charge in [0.2, 0.25) is 5.91 Å². The second-order valence-corrected chi connectivity index (χ2v) is 7.17. The van der Waals surface area contributed by atoms with Gasteiger partial charge in [-0.05, 0) is 54.9 Å². The van der Waals surface area contributed by atoms with Gasteiger partial charge in [0.05, 0.1) is 0 Å². The fourth-order valence-electron chi connectivity index (χ4n) is 3.29. The topological polar surface area (TPSA) is 55.1 Å². The monoisotopic (exact) mass is 294 g/mol. The van der Waals surface area contributed by atoms with Gasteiger partial charge in [0.15, 0.2) is 0 Å². The smallest absolute Gasteiger partial charge is 0.243 e. The summed E-state index contributed by atoms with van der Waals surface area (Å²) in [5, 5.41) is 4.06. The molecule has 2 unspecified atom stereocenters. The van der Waals surface area contributed by atoms with Crippen molar-refractivity contribution in [1.82, 2.24) is 0 Å². The van der Waals surface area contributed by atoms with Crippen LogP contribution in [0.4, 0.5) is 5.69 Å². The summed E-state index contributed by atoms with van der Waals surface area (Å²) in [5.74, 6) is -0.0742. The number of primary amides is 1. The zero-order valence-corrected chi connectivity index (χ0v) is 13.1. The van der Waals surface area contributed by atoms with Crippen LogP contribution in [0.25, 0.3) is 0 Å². The summed E-state index contributed by atoms with van der Waals surface area (Å²) in [7, 11) is 0. The van der Waals surface area contributed by atoms with Crippen molar-refractivity contribution < 1.29 is 4.79 Å². The van der Waals surface area contributed by atoms with Gasteiger partial charge < -0.3 is 11.1 Å². The number of hydrogen-bond acceptors (Lipinski definition) is 2. The predicted octanol–water partition coefficient (Wildman–Crippen LogP) is 3.82. The van der Waals surface area contributed by atoms with E-state index in [0.29, 0.717) is 5.02 Å². The third-order valence-corrected chi connectivity index (χ3v) is 4.80. The second kappa shape index (κ2) is 5.28. The van der Waals surface area contributed by atoms with Crippen molar-refractivity contribution in [3.05, 3.63) is 29.3 Å². The molecule has 0 aliphatic heterocycles. The Labute approximate surface area is 125 Å². The Morgan fingerprint density at radius 2 is 1.90 bits per heavy atom. The molecule has 1 aliphatic rings. The number of halogens is 1. The van der Waals surface area contributed by atoms with Gasteiger partial charge in [-0.2, -0.15) is 0 Å². The second-order valence-electron chi connectivity index (χ2n) is 6.74. The Bertz CT molecular complexity index is 498. The van der Waals surface area contributed by atoms with Gasteiger partial charge >= 0.3 is 0 Å². The molecule has 1 amide bonds. The zero-order chi connectivity index (χ0) is 15.0. The first-order valence-electron chi connectivity index (χ1n) is 7.09. The lowest BCUT2D eigenvalue weighted by Crippen LogP contribution is -2.58. The van der Waals surface area contributed by atoms with Crippen LogP contribution < -0.4 is 11.1 Å². The van der Waals surface area contributed by atoms with E-state index in [-0.39, 0.29) is 17.2 Å². The highest BCUT2D eigenvalue weighted by atomic mass is 35.5. The third-order valence-electron chi connectivity index (χ3n) is 4.55. The molecule has 0 bridgehead atoms. The van der Waals surface area contributed by atoms with E-state index in [4.69, 9.17) is 17.3 Å². The number of rotatable bonds is 3. The lowest BCUT2D eigenvalue weighted by molar-refractivity contribution is -0.126. The normalized spacial score (nSPS) is 28.9. The molecule has 1 aromatic rings. The number of benzene rings is 1. The lowest BCUT2D eigenvalue weighted by atomic mass is 9.63. The van der Waals surface area contributed by atoms with E-state index < -0.39 is 5.54 Å². The van der Waals surface area contributed by atoms with Crippen molar-refractivity contribution >= 4 is 23.2 Å². The van der Waals surface area contributed by atoms with Gasteiger partial charge in [-0.1, -0.05) is 32.4 Å². The lowest BCUT2D eigenvalue weighted by Gasteiger charge is -2.47. The molecule has 2 rings (SSSR count). The molecular weight excluding hydrogens is 272 g/mol. The van der Waals surface area contributed by atoms with Gasteiger partial charge in [0, 0.05) is 10.7 Å². The number of nitrogens with two attached hydrogens (primary N) is 1. The van der Waals surface area contributed by atoms with Crippen molar-refractivity contribution in [1.29, 1.82) is 0 Å². The van der Waals surface area contributed by atoms with E-state index in [2.05, 4.69) is 26.1 Å². The molecule has 0 radical (unpaired) electrons. The van der Waals surface area contributed by atoms with E-state index in [1.54, 1.807) is 0 Å². The van der Waals surface area contributed by atoms with E-state index >= 15 is 0 Å². The largest absolute Gasteiger partial charge is 0.371 e. The molecule has 20 heavy (non-hydrogen) atoms. The fraction of sp³-hybridized carbons (Fsp3) is 0.562. The Morgan fingerprint density at radius 3 is 2.40 bits per heavy atom. The quantitative estimate of drug-likeness (QED) is 0.890. The Morgan fingerprint density at radius 1 is 1.30 bits per heavy atom. The van der Waals surface area contributed by atoms with Crippen LogP contribution >= 0.6 is 11.6 Å². The highest BCUT2D eigenvalue weighted by Crippen LogP contribution is 2.45. The first kappa shape index (κ1) is 15.2. The van der Waals surface area contributed by atoms with Gasteiger partial charge in [-0.3, -0.25) is 4.79 Å². The standard InChI is InChI=1S/C16H23ClN2O/c1-11-10-15(2,3)8-9-16(11,14(18)20)19-13-6-4-12(17)5-7-13/h4-7,11,19H,8-10H2,1-3H3,(H2,18,20). The average molecular weight is 295 g/mol. The highest BCUT2D eigenvalue weighted by molar-refractivity contribution is 6.30. The number of carbonyl (C=O) groups is 1. The van der Waals surface area contributed by atoms with Crippen LogP contribution in [-0.4, -0.2) is 11.4 Å². The number of amides is 1. The first-order valence-corrected chi connectivity index (χ1v) is 7.47. The Balaban J connectivity index is 2.27. The van der Waals surface area contributed by atoms with E-state index in [1.165, 1.54) is 0 Å². The van der Waals surface area contributed by atoms with Gasteiger partial charge in [-0.25, -0.2) is 0 Å². The molecule has 1 fully saturated rings. The molecule has 2 atom stereocenters. The van der Waals surface area contributed by atoms with E-state index in [9.17, 15) is 4.79 Å². The summed E-state index contributed by atoms with van der Waals surface area (Å²) in [4.78, 5) is 12.1. The first-order chi connectivity index (χ1) is 9.25. The van der Waals surface area contributed by atoms with Crippen LogP contribution in [0.1, 0.15) is 40.0 Å².